The predicted molar refractivity (Wildman–Crippen MR) is 102 cm³/mol. The molecule has 0 amide bonds. The largest absolute Gasteiger partial charge is 0.393 e. The maximum Gasteiger partial charge on any atom is 0.155 e. The van der Waals surface area contributed by atoms with Crippen LogP contribution in [0.3, 0.4) is 0 Å². The highest BCUT2D eigenvalue weighted by molar-refractivity contribution is 4.66. The van der Waals surface area contributed by atoms with Crippen molar-refractivity contribution >= 4 is 0 Å². The van der Waals surface area contributed by atoms with Gasteiger partial charge in [-0.2, -0.15) is 0 Å². The third-order valence-corrected chi connectivity index (χ3v) is 2.45. The molecule has 1 fully saturated rings. The summed E-state index contributed by atoms with van der Waals surface area (Å²) in [7, 11) is 0. The van der Waals surface area contributed by atoms with Gasteiger partial charge in [-0.05, 0) is 40.0 Å². The Kier molecular flexibility index (Phi) is 50.7. The van der Waals surface area contributed by atoms with Crippen LogP contribution in [0.1, 0.15) is 98.4 Å². The highest BCUT2D eigenvalue weighted by Crippen LogP contribution is 2.19. The quantitative estimate of drug-likeness (QED) is 0.629. The molecule has 140 valence electrons. The summed E-state index contributed by atoms with van der Waals surface area (Å²) < 4.78 is 10.9. The molecule has 0 aromatic carbocycles. The Morgan fingerprint density at radius 3 is 1.57 bits per heavy atom. The summed E-state index contributed by atoms with van der Waals surface area (Å²) >= 11 is 0. The van der Waals surface area contributed by atoms with Gasteiger partial charge in [0, 0.05) is 0 Å². The lowest BCUT2D eigenvalue weighted by Crippen LogP contribution is -2.34. The van der Waals surface area contributed by atoms with Crippen molar-refractivity contribution in [2.75, 3.05) is 0 Å². The molecular weight excluding hydrogens is 264 g/mol. The van der Waals surface area contributed by atoms with Gasteiger partial charge in [0.15, 0.2) is 6.29 Å². The van der Waals surface area contributed by atoms with Crippen LogP contribution < -0.4 is 0 Å². The van der Waals surface area contributed by atoms with Crippen LogP contribution in [-0.2, 0) is 9.47 Å². The van der Waals surface area contributed by atoms with Gasteiger partial charge >= 0.3 is 0 Å². The molecule has 0 aromatic rings. The van der Waals surface area contributed by atoms with Crippen LogP contribution >= 0.6 is 0 Å². The molecule has 0 radical (unpaired) electrons. The molecule has 1 aliphatic heterocycles. The Morgan fingerprint density at radius 1 is 0.952 bits per heavy atom. The molecule has 3 nitrogen and oxygen atoms in total. The van der Waals surface area contributed by atoms with E-state index in [1.807, 2.05) is 13.8 Å². The third-order valence-electron chi connectivity index (χ3n) is 2.45. The van der Waals surface area contributed by atoms with Crippen molar-refractivity contribution in [3.63, 3.8) is 0 Å². The second-order valence-corrected chi connectivity index (χ2v) is 4.17. The first-order valence-corrected chi connectivity index (χ1v) is 5.98. The van der Waals surface area contributed by atoms with E-state index in [1.165, 1.54) is 0 Å². The minimum absolute atomic E-state index is 0. The first-order chi connectivity index (χ1) is 6.99. The van der Waals surface area contributed by atoms with E-state index in [1.54, 1.807) is 6.92 Å². The summed E-state index contributed by atoms with van der Waals surface area (Å²) in [5.74, 6) is 0. The normalized spacial score (nSPS) is 23.4. The maximum absolute atomic E-state index is 8.36. The van der Waals surface area contributed by atoms with Crippen LogP contribution in [0.25, 0.3) is 0 Å². The molecule has 0 aliphatic carbocycles. The Bertz CT molecular complexity index is 139. The lowest BCUT2D eigenvalue weighted by molar-refractivity contribution is -0.229. The van der Waals surface area contributed by atoms with Crippen LogP contribution in [0.4, 0.5) is 0 Å². The second-order valence-electron chi connectivity index (χ2n) is 4.17. The maximum atomic E-state index is 8.36. The zero-order valence-corrected chi connectivity index (χ0v) is 10.7. The van der Waals surface area contributed by atoms with Gasteiger partial charge in [-0.3, -0.25) is 0 Å². The minimum atomic E-state index is -0.116. The minimum Gasteiger partial charge on any atom is -0.393 e. The SMILES string of the molecule is C.C.C.C.C.C.CCC(C)O.CCC1CC(C)OC(C)O1. The molecule has 1 aliphatic rings. The van der Waals surface area contributed by atoms with Gasteiger partial charge in [0.2, 0.25) is 0 Å². The Hall–Kier alpha value is -0.120. The molecule has 4 atom stereocenters. The average Bonchev–Trinajstić information content (AvgIpc) is 2.17. The highest BCUT2D eigenvalue weighted by Gasteiger charge is 2.22. The molecule has 21 heavy (non-hydrogen) atoms. The fraction of sp³-hybridized carbons (Fsp3) is 1.00. The summed E-state index contributed by atoms with van der Waals surface area (Å²) in [5, 5.41) is 8.36. The summed E-state index contributed by atoms with van der Waals surface area (Å²) in [6.07, 6.45) is 3.66. The first kappa shape index (κ1) is 42.8. The van der Waals surface area contributed by atoms with Crippen LogP contribution in [-0.4, -0.2) is 29.7 Å². The fourth-order valence-electron chi connectivity index (χ4n) is 1.37. The molecule has 1 N–H and O–H groups in total. The van der Waals surface area contributed by atoms with E-state index in [4.69, 9.17) is 14.6 Å². The molecule has 1 heterocycles. The number of rotatable bonds is 2. The van der Waals surface area contributed by atoms with Gasteiger partial charge in [0.05, 0.1) is 18.3 Å². The van der Waals surface area contributed by atoms with E-state index < -0.39 is 0 Å². The lowest BCUT2D eigenvalue weighted by atomic mass is 10.1. The molecule has 4 unspecified atom stereocenters. The highest BCUT2D eigenvalue weighted by atomic mass is 16.7. The Labute approximate surface area is 138 Å². The Morgan fingerprint density at radius 2 is 1.33 bits per heavy atom. The smallest absolute Gasteiger partial charge is 0.155 e. The summed E-state index contributed by atoms with van der Waals surface area (Å²) in [6.45, 7) is 9.93. The average molecular weight is 315 g/mol. The van der Waals surface area contributed by atoms with E-state index in [-0.39, 0.29) is 57.0 Å². The van der Waals surface area contributed by atoms with Gasteiger partial charge in [0.1, 0.15) is 0 Å². The molecule has 3 heteroatoms. The molecule has 0 spiro atoms. The van der Waals surface area contributed by atoms with Crippen LogP contribution in [0.5, 0.6) is 0 Å². The van der Waals surface area contributed by atoms with Crippen molar-refractivity contribution in [2.24, 2.45) is 0 Å². The fourth-order valence-corrected chi connectivity index (χ4v) is 1.37. The van der Waals surface area contributed by atoms with Crippen molar-refractivity contribution in [1.82, 2.24) is 0 Å². The van der Waals surface area contributed by atoms with E-state index in [9.17, 15) is 0 Å². The lowest BCUT2D eigenvalue weighted by Gasteiger charge is -2.31. The zero-order valence-electron chi connectivity index (χ0n) is 10.7. The Balaban J connectivity index is -0.0000000325. The third kappa shape index (κ3) is 25.2. The van der Waals surface area contributed by atoms with Gasteiger partial charge in [-0.15, -0.1) is 0 Å². The topological polar surface area (TPSA) is 38.7 Å². The summed E-state index contributed by atoms with van der Waals surface area (Å²) in [6, 6.07) is 0. The molecule has 0 bridgehead atoms. The number of hydrogen-bond donors (Lipinski definition) is 1. The van der Waals surface area contributed by atoms with Crippen molar-refractivity contribution in [3.05, 3.63) is 0 Å². The number of ether oxygens (including phenoxy) is 2. The second kappa shape index (κ2) is 24.9. The van der Waals surface area contributed by atoms with E-state index >= 15 is 0 Å². The molecule has 0 aromatic heterocycles. The van der Waals surface area contributed by atoms with E-state index in [2.05, 4.69) is 13.8 Å². The van der Waals surface area contributed by atoms with Crippen LogP contribution in [0.2, 0.25) is 0 Å². The number of aliphatic hydroxyl groups is 1. The first-order valence-electron chi connectivity index (χ1n) is 5.98. The molecule has 0 saturated carbocycles. The molecular formula is C18H50O3. The van der Waals surface area contributed by atoms with Gasteiger partial charge < -0.3 is 14.6 Å². The van der Waals surface area contributed by atoms with Crippen molar-refractivity contribution < 1.29 is 14.6 Å². The van der Waals surface area contributed by atoms with Crippen molar-refractivity contribution in [3.8, 4) is 0 Å². The zero-order chi connectivity index (χ0) is 11.8. The number of hydrogen-bond acceptors (Lipinski definition) is 3. The predicted octanol–water partition coefficient (Wildman–Crippen LogP) is 6.53. The molecule has 1 saturated heterocycles. The molecule has 1 rings (SSSR count). The van der Waals surface area contributed by atoms with Crippen molar-refractivity contribution in [2.45, 2.75) is 123 Å². The van der Waals surface area contributed by atoms with E-state index in [0.717, 1.165) is 19.3 Å². The van der Waals surface area contributed by atoms with Crippen molar-refractivity contribution in [1.29, 1.82) is 0 Å². The summed E-state index contributed by atoms with van der Waals surface area (Å²) in [4.78, 5) is 0. The van der Waals surface area contributed by atoms with Gasteiger partial charge in [-0.1, -0.05) is 58.4 Å². The van der Waals surface area contributed by atoms with Crippen LogP contribution in [0, 0.1) is 0 Å². The van der Waals surface area contributed by atoms with Gasteiger partial charge in [-0.25, -0.2) is 0 Å². The van der Waals surface area contributed by atoms with E-state index in [0.29, 0.717) is 12.2 Å². The standard InChI is InChI=1S/C8H16O2.C4H10O.6CH4/c1-4-8-5-6(2)9-7(3)10-8;1-3-4(2)5;;;;;;/h6-8H,4-5H2,1-3H3;4-5H,3H2,1-2H3;6*1H4. The number of aliphatic hydroxyl groups excluding tert-OH is 1. The monoisotopic (exact) mass is 314 g/mol. The van der Waals surface area contributed by atoms with Crippen LogP contribution in [0.15, 0.2) is 0 Å². The summed E-state index contributed by atoms with van der Waals surface area (Å²) in [5.41, 5.74) is 0. The van der Waals surface area contributed by atoms with Gasteiger partial charge in [0.25, 0.3) is 0 Å².